The summed E-state index contributed by atoms with van der Waals surface area (Å²) in [5.41, 5.74) is 6.49. The number of rotatable bonds is 4. The van der Waals surface area contributed by atoms with Gasteiger partial charge in [-0.1, -0.05) is 13.3 Å². The molecule has 0 aliphatic rings. The van der Waals surface area contributed by atoms with Gasteiger partial charge in [-0.15, -0.1) is 11.3 Å². The van der Waals surface area contributed by atoms with Gasteiger partial charge in [0.25, 0.3) is 5.91 Å². The SMILES string of the molecule is CCCCNC(=O)c1sc2ncccc2c1N. The van der Waals surface area contributed by atoms with Crippen LogP contribution in [0.25, 0.3) is 10.2 Å². The smallest absolute Gasteiger partial charge is 0.263 e. The number of hydrogen-bond donors (Lipinski definition) is 2. The Labute approximate surface area is 104 Å². The number of carbonyl (C=O) groups excluding carboxylic acids is 1. The second-order valence-electron chi connectivity index (χ2n) is 3.81. The number of nitrogens with one attached hydrogen (secondary N) is 1. The molecule has 0 atom stereocenters. The molecule has 1 amide bonds. The average molecular weight is 249 g/mol. The standard InChI is InChI=1S/C12H15N3OS/c1-2-3-6-14-11(16)10-9(13)8-5-4-7-15-12(8)17-10/h4-5,7H,2-3,6,13H2,1H3,(H,14,16). The molecule has 0 aliphatic carbocycles. The van der Waals surface area contributed by atoms with Gasteiger partial charge in [0.2, 0.25) is 0 Å². The van der Waals surface area contributed by atoms with E-state index in [1.807, 2.05) is 12.1 Å². The largest absolute Gasteiger partial charge is 0.397 e. The molecule has 0 bridgehead atoms. The number of aromatic nitrogens is 1. The predicted octanol–water partition coefficient (Wildman–Crippen LogP) is 2.41. The van der Waals surface area contributed by atoms with Crippen LogP contribution in [0.1, 0.15) is 29.4 Å². The molecule has 0 unspecified atom stereocenters. The van der Waals surface area contributed by atoms with Gasteiger partial charge in [-0.25, -0.2) is 4.98 Å². The molecule has 3 N–H and O–H groups in total. The van der Waals surface area contributed by atoms with Gasteiger partial charge >= 0.3 is 0 Å². The van der Waals surface area contributed by atoms with Crippen LogP contribution in [-0.2, 0) is 0 Å². The molecule has 0 spiro atoms. The number of nitrogens with zero attached hydrogens (tertiary/aromatic N) is 1. The van der Waals surface area contributed by atoms with Gasteiger partial charge in [0.05, 0.1) is 5.69 Å². The van der Waals surface area contributed by atoms with Crippen LogP contribution in [0.2, 0.25) is 0 Å². The maximum Gasteiger partial charge on any atom is 0.263 e. The van der Waals surface area contributed by atoms with Crippen molar-refractivity contribution >= 4 is 33.1 Å². The van der Waals surface area contributed by atoms with Crippen LogP contribution >= 0.6 is 11.3 Å². The van der Waals surface area contributed by atoms with E-state index in [1.165, 1.54) is 11.3 Å². The zero-order valence-corrected chi connectivity index (χ0v) is 10.5. The second-order valence-corrected chi connectivity index (χ2v) is 4.81. The number of unbranched alkanes of at least 4 members (excludes halogenated alkanes) is 1. The van der Waals surface area contributed by atoms with E-state index in [0.29, 0.717) is 17.1 Å². The maximum absolute atomic E-state index is 11.9. The third-order valence-corrected chi connectivity index (χ3v) is 3.65. The summed E-state index contributed by atoms with van der Waals surface area (Å²) in [5, 5.41) is 3.72. The van der Waals surface area contributed by atoms with Crippen LogP contribution in [0, 0.1) is 0 Å². The van der Waals surface area contributed by atoms with Crippen molar-refractivity contribution in [3.8, 4) is 0 Å². The number of pyridine rings is 1. The quantitative estimate of drug-likeness (QED) is 0.818. The van der Waals surface area contributed by atoms with Crippen LogP contribution < -0.4 is 11.1 Å². The van der Waals surface area contributed by atoms with Crippen LogP contribution in [0.5, 0.6) is 0 Å². The van der Waals surface area contributed by atoms with Crippen molar-refractivity contribution in [2.24, 2.45) is 0 Å². The van der Waals surface area contributed by atoms with Gasteiger partial charge in [0.15, 0.2) is 0 Å². The first kappa shape index (κ1) is 11.9. The first-order chi connectivity index (χ1) is 8.24. The number of hydrogen-bond acceptors (Lipinski definition) is 4. The van der Waals surface area contributed by atoms with Crippen molar-refractivity contribution in [3.05, 3.63) is 23.2 Å². The zero-order valence-electron chi connectivity index (χ0n) is 9.69. The Hall–Kier alpha value is -1.62. The lowest BCUT2D eigenvalue weighted by molar-refractivity contribution is 0.0958. The van der Waals surface area contributed by atoms with E-state index in [-0.39, 0.29) is 5.91 Å². The van der Waals surface area contributed by atoms with Crippen LogP contribution in [0.3, 0.4) is 0 Å². The highest BCUT2D eigenvalue weighted by atomic mass is 32.1. The van der Waals surface area contributed by atoms with Crippen molar-refractivity contribution in [1.29, 1.82) is 0 Å². The van der Waals surface area contributed by atoms with Gasteiger partial charge in [0.1, 0.15) is 9.71 Å². The van der Waals surface area contributed by atoms with Gasteiger partial charge in [0, 0.05) is 18.1 Å². The Morgan fingerprint density at radius 1 is 1.59 bits per heavy atom. The lowest BCUT2D eigenvalue weighted by Crippen LogP contribution is -2.24. The topological polar surface area (TPSA) is 68.0 Å². The molecule has 4 nitrogen and oxygen atoms in total. The molecule has 0 radical (unpaired) electrons. The van der Waals surface area contributed by atoms with E-state index in [2.05, 4.69) is 17.2 Å². The molecule has 90 valence electrons. The minimum absolute atomic E-state index is 0.0982. The molecule has 0 saturated heterocycles. The summed E-state index contributed by atoms with van der Waals surface area (Å²) >= 11 is 1.34. The van der Waals surface area contributed by atoms with E-state index in [0.717, 1.165) is 23.1 Å². The minimum Gasteiger partial charge on any atom is -0.397 e. The highest BCUT2D eigenvalue weighted by Gasteiger charge is 2.15. The fourth-order valence-electron chi connectivity index (χ4n) is 1.58. The summed E-state index contributed by atoms with van der Waals surface area (Å²) in [4.78, 5) is 17.5. The molecule has 2 aromatic heterocycles. The van der Waals surface area contributed by atoms with E-state index in [4.69, 9.17) is 5.73 Å². The van der Waals surface area contributed by atoms with Gasteiger partial charge < -0.3 is 11.1 Å². The molecule has 0 aliphatic heterocycles. The zero-order chi connectivity index (χ0) is 12.3. The van der Waals surface area contributed by atoms with Crippen molar-refractivity contribution in [2.45, 2.75) is 19.8 Å². The Bertz CT molecular complexity index is 536. The first-order valence-electron chi connectivity index (χ1n) is 5.65. The maximum atomic E-state index is 11.9. The Balaban J connectivity index is 2.23. The Morgan fingerprint density at radius 3 is 3.12 bits per heavy atom. The summed E-state index contributed by atoms with van der Waals surface area (Å²) in [6, 6.07) is 3.71. The predicted molar refractivity (Wildman–Crippen MR) is 71.3 cm³/mol. The van der Waals surface area contributed by atoms with Gasteiger partial charge in [-0.2, -0.15) is 0 Å². The van der Waals surface area contributed by atoms with Crippen LogP contribution in [-0.4, -0.2) is 17.4 Å². The van der Waals surface area contributed by atoms with Crippen LogP contribution in [0.15, 0.2) is 18.3 Å². The molecule has 2 heterocycles. The van der Waals surface area contributed by atoms with Gasteiger partial charge in [-0.3, -0.25) is 4.79 Å². The fourth-order valence-corrected chi connectivity index (χ4v) is 2.56. The molecule has 2 rings (SSSR count). The number of anilines is 1. The number of thiophene rings is 1. The number of fused-ring (bicyclic) bond motifs is 1. The van der Waals surface area contributed by atoms with E-state index in [9.17, 15) is 4.79 Å². The summed E-state index contributed by atoms with van der Waals surface area (Å²) in [6.07, 6.45) is 3.75. The van der Waals surface area contributed by atoms with Gasteiger partial charge in [-0.05, 0) is 18.6 Å². The number of carbonyl (C=O) groups is 1. The third-order valence-electron chi connectivity index (χ3n) is 2.53. The van der Waals surface area contributed by atoms with Crippen LogP contribution in [0.4, 0.5) is 5.69 Å². The number of nitrogen functional groups attached to an aromatic ring is 1. The number of amides is 1. The highest BCUT2D eigenvalue weighted by Crippen LogP contribution is 2.31. The monoisotopic (exact) mass is 249 g/mol. The minimum atomic E-state index is -0.0982. The molecule has 0 saturated carbocycles. The lowest BCUT2D eigenvalue weighted by atomic mass is 10.2. The van der Waals surface area contributed by atoms with Crippen molar-refractivity contribution in [2.75, 3.05) is 12.3 Å². The first-order valence-corrected chi connectivity index (χ1v) is 6.47. The normalized spacial score (nSPS) is 10.6. The summed E-state index contributed by atoms with van der Waals surface area (Å²) < 4.78 is 0. The van der Waals surface area contributed by atoms with E-state index in [1.54, 1.807) is 6.20 Å². The lowest BCUT2D eigenvalue weighted by Gasteiger charge is -2.02. The summed E-state index contributed by atoms with van der Waals surface area (Å²) in [5.74, 6) is -0.0982. The average Bonchev–Trinajstić information content (AvgIpc) is 2.68. The van der Waals surface area contributed by atoms with Crippen molar-refractivity contribution in [1.82, 2.24) is 10.3 Å². The molecule has 0 aromatic carbocycles. The molecule has 2 aromatic rings. The second kappa shape index (κ2) is 5.14. The summed E-state index contributed by atoms with van der Waals surface area (Å²) in [6.45, 7) is 2.78. The third kappa shape index (κ3) is 2.39. The number of nitrogens with two attached hydrogens (primary N) is 1. The molecular weight excluding hydrogens is 234 g/mol. The fraction of sp³-hybridized carbons (Fsp3) is 0.333. The van der Waals surface area contributed by atoms with E-state index >= 15 is 0 Å². The summed E-state index contributed by atoms with van der Waals surface area (Å²) in [7, 11) is 0. The molecule has 17 heavy (non-hydrogen) atoms. The molecule has 0 fully saturated rings. The molecular formula is C12H15N3OS. The van der Waals surface area contributed by atoms with Crippen molar-refractivity contribution in [3.63, 3.8) is 0 Å². The van der Waals surface area contributed by atoms with E-state index < -0.39 is 0 Å². The van der Waals surface area contributed by atoms with Crippen molar-refractivity contribution < 1.29 is 4.79 Å². The molecule has 5 heteroatoms. The Kier molecular flexibility index (Phi) is 3.58. The highest BCUT2D eigenvalue weighted by molar-refractivity contribution is 7.21. The Morgan fingerprint density at radius 2 is 2.41 bits per heavy atom.